The second-order valence-corrected chi connectivity index (χ2v) is 8.00. The van der Waals surface area contributed by atoms with Gasteiger partial charge in [-0.2, -0.15) is 0 Å². The zero-order valence-electron chi connectivity index (χ0n) is 15.4. The summed E-state index contributed by atoms with van der Waals surface area (Å²) in [5.74, 6) is -2.56. The summed E-state index contributed by atoms with van der Waals surface area (Å²) < 4.78 is 43.4. The molecule has 27 heavy (non-hydrogen) atoms. The molecule has 0 bridgehead atoms. The number of hydrogen-bond acceptors (Lipinski definition) is 5. The summed E-state index contributed by atoms with van der Waals surface area (Å²) in [4.78, 5) is 24.1. The monoisotopic (exact) mass is 396 g/mol. The van der Waals surface area contributed by atoms with Crippen LogP contribution in [0.15, 0.2) is 29.2 Å². The van der Waals surface area contributed by atoms with Crippen molar-refractivity contribution in [2.24, 2.45) is 5.14 Å². The summed E-state index contributed by atoms with van der Waals surface area (Å²) >= 11 is 0. The summed E-state index contributed by atoms with van der Waals surface area (Å²) in [7, 11) is -4.11. The fourth-order valence-corrected chi connectivity index (χ4v) is 3.52. The van der Waals surface area contributed by atoms with Crippen molar-refractivity contribution in [2.45, 2.75) is 38.6 Å². The molecule has 0 aliphatic carbocycles. The Kier molecular flexibility index (Phi) is 5.86. The quantitative estimate of drug-likeness (QED) is 0.596. The number of ketones is 1. The van der Waals surface area contributed by atoms with Crippen molar-refractivity contribution in [3.05, 3.63) is 52.6 Å². The van der Waals surface area contributed by atoms with E-state index in [0.29, 0.717) is 5.56 Å². The predicted molar refractivity (Wildman–Crippen MR) is 96.7 cm³/mol. The topological polar surface area (TPSA) is 108 Å². The van der Waals surface area contributed by atoms with Crippen molar-refractivity contribution in [3.63, 3.8) is 0 Å². The number of aromatic nitrogens is 1. The van der Waals surface area contributed by atoms with Crippen LogP contribution in [0.2, 0.25) is 0 Å². The molecule has 9 heteroatoms. The molecule has 0 aliphatic heterocycles. The number of sulfonamides is 1. The highest BCUT2D eigenvalue weighted by molar-refractivity contribution is 7.89. The minimum Gasteiger partial charge on any atom is -0.454 e. The first-order valence-electron chi connectivity index (χ1n) is 8.14. The summed E-state index contributed by atoms with van der Waals surface area (Å²) in [6.07, 6.45) is 0. The molecule has 0 saturated carbocycles. The Bertz CT molecular complexity index is 1010. The molecular formula is C18H21FN2O5S. The number of aryl methyl sites for hydroxylation is 1. The largest absolute Gasteiger partial charge is 0.454 e. The van der Waals surface area contributed by atoms with Gasteiger partial charge in [-0.05, 0) is 52.0 Å². The number of carbonyl (C=O) groups is 2. The second kappa shape index (κ2) is 7.61. The number of nitrogens with zero attached hydrogens (tertiary/aromatic N) is 1. The number of nitrogens with two attached hydrogens (primary N) is 1. The number of carbonyl (C=O) groups excluding carboxylic acids is 2. The number of ether oxygens (including phenoxy) is 1. The van der Waals surface area contributed by atoms with Gasteiger partial charge in [-0.3, -0.25) is 4.79 Å². The van der Waals surface area contributed by atoms with Gasteiger partial charge < -0.3 is 9.30 Å². The lowest BCUT2D eigenvalue weighted by Crippen LogP contribution is -2.18. The van der Waals surface area contributed by atoms with Crippen LogP contribution in [-0.2, 0) is 14.8 Å². The van der Waals surface area contributed by atoms with E-state index in [-0.39, 0.29) is 6.04 Å². The maximum Gasteiger partial charge on any atom is 0.341 e. The Balaban J connectivity index is 2.19. The third kappa shape index (κ3) is 4.42. The Labute approximate surface area is 157 Å². The van der Waals surface area contributed by atoms with Crippen LogP contribution in [0.1, 0.15) is 52.0 Å². The molecular weight excluding hydrogens is 375 g/mol. The van der Waals surface area contributed by atoms with Gasteiger partial charge in [-0.1, -0.05) is 0 Å². The number of rotatable bonds is 6. The fourth-order valence-electron chi connectivity index (χ4n) is 2.98. The Hall–Kier alpha value is -2.52. The van der Waals surface area contributed by atoms with Crippen molar-refractivity contribution < 1.29 is 27.1 Å². The Morgan fingerprint density at radius 1 is 1.19 bits per heavy atom. The van der Waals surface area contributed by atoms with E-state index in [1.54, 1.807) is 13.0 Å². The van der Waals surface area contributed by atoms with E-state index in [9.17, 15) is 22.4 Å². The van der Waals surface area contributed by atoms with Crippen LogP contribution >= 0.6 is 0 Å². The van der Waals surface area contributed by atoms with Gasteiger partial charge in [0, 0.05) is 23.0 Å². The molecule has 0 amide bonds. The highest BCUT2D eigenvalue weighted by atomic mass is 32.2. The van der Waals surface area contributed by atoms with Crippen LogP contribution in [0.3, 0.4) is 0 Å². The molecule has 1 aromatic heterocycles. The van der Waals surface area contributed by atoms with Crippen LogP contribution in [0.5, 0.6) is 0 Å². The smallest absolute Gasteiger partial charge is 0.341 e. The summed E-state index contributed by atoms with van der Waals surface area (Å²) in [6, 6.07) is 4.38. The van der Waals surface area contributed by atoms with Crippen molar-refractivity contribution in [2.75, 3.05) is 6.61 Å². The first kappa shape index (κ1) is 20.8. The van der Waals surface area contributed by atoms with E-state index >= 15 is 0 Å². The van der Waals surface area contributed by atoms with Gasteiger partial charge in [0.2, 0.25) is 15.8 Å². The zero-order valence-corrected chi connectivity index (χ0v) is 16.3. The van der Waals surface area contributed by atoms with Crippen molar-refractivity contribution in [1.82, 2.24) is 4.57 Å². The maximum absolute atomic E-state index is 13.8. The second-order valence-electron chi connectivity index (χ2n) is 6.43. The molecule has 0 spiro atoms. The SMILES string of the molecule is Cc1cc(C(=O)COC(=O)c2cc(S(N)(=O)=O)ccc2F)c(C)n1C(C)C. The lowest BCUT2D eigenvalue weighted by Gasteiger charge is -2.13. The van der Waals surface area contributed by atoms with E-state index in [1.807, 2.05) is 25.3 Å². The van der Waals surface area contributed by atoms with Gasteiger partial charge in [0.25, 0.3) is 0 Å². The van der Waals surface area contributed by atoms with E-state index in [1.165, 1.54) is 0 Å². The predicted octanol–water partition coefficient (Wildman–Crippen LogP) is 2.51. The summed E-state index contributed by atoms with van der Waals surface area (Å²) in [5.41, 5.74) is 1.43. The summed E-state index contributed by atoms with van der Waals surface area (Å²) in [6.45, 7) is 7.02. The minimum absolute atomic E-state index is 0.157. The lowest BCUT2D eigenvalue weighted by molar-refractivity contribution is 0.0469. The molecule has 2 rings (SSSR count). The van der Waals surface area contributed by atoms with Crippen LogP contribution in [-0.4, -0.2) is 31.3 Å². The van der Waals surface area contributed by atoms with Crippen molar-refractivity contribution in [1.29, 1.82) is 0 Å². The average Bonchev–Trinajstić information content (AvgIpc) is 2.86. The van der Waals surface area contributed by atoms with Crippen LogP contribution in [0.4, 0.5) is 4.39 Å². The molecule has 1 heterocycles. The Morgan fingerprint density at radius 2 is 1.81 bits per heavy atom. The minimum atomic E-state index is -4.11. The summed E-state index contributed by atoms with van der Waals surface area (Å²) in [5, 5.41) is 4.97. The average molecular weight is 396 g/mol. The van der Waals surface area contributed by atoms with E-state index in [0.717, 1.165) is 29.6 Å². The van der Waals surface area contributed by atoms with E-state index in [4.69, 9.17) is 9.88 Å². The highest BCUT2D eigenvalue weighted by Gasteiger charge is 2.21. The number of halogens is 1. The fraction of sp³-hybridized carbons (Fsp3) is 0.333. The molecule has 0 radical (unpaired) electrons. The maximum atomic E-state index is 13.8. The molecule has 0 unspecified atom stereocenters. The number of hydrogen-bond donors (Lipinski definition) is 1. The first-order chi connectivity index (χ1) is 12.4. The van der Waals surface area contributed by atoms with E-state index in [2.05, 4.69) is 0 Å². The Morgan fingerprint density at radius 3 is 2.33 bits per heavy atom. The molecule has 2 N–H and O–H groups in total. The molecule has 0 aliphatic rings. The van der Waals surface area contributed by atoms with Gasteiger partial charge in [0.05, 0.1) is 10.5 Å². The van der Waals surface area contributed by atoms with Crippen LogP contribution in [0.25, 0.3) is 0 Å². The molecule has 0 fully saturated rings. The van der Waals surface area contributed by atoms with Gasteiger partial charge >= 0.3 is 5.97 Å². The van der Waals surface area contributed by atoms with Crippen molar-refractivity contribution >= 4 is 21.8 Å². The highest BCUT2D eigenvalue weighted by Crippen LogP contribution is 2.21. The molecule has 7 nitrogen and oxygen atoms in total. The number of Topliss-reactive ketones (excluding diaryl/α,β-unsaturated/α-hetero) is 1. The normalized spacial score (nSPS) is 11.7. The molecule has 1 aromatic carbocycles. The number of primary sulfonamides is 1. The zero-order chi connectivity index (χ0) is 20.5. The van der Waals surface area contributed by atoms with Gasteiger partial charge in [-0.25, -0.2) is 22.7 Å². The molecule has 0 atom stereocenters. The van der Waals surface area contributed by atoms with Crippen molar-refractivity contribution in [3.8, 4) is 0 Å². The van der Waals surface area contributed by atoms with Crippen LogP contribution in [0, 0.1) is 19.7 Å². The molecule has 146 valence electrons. The third-order valence-electron chi connectivity index (χ3n) is 4.12. The molecule has 0 saturated heterocycles. The first-order valence-corrected chi connectivity index (χ1v) is 9.69. The van der Waals surface area contributed by atoms with Gasteiger partial charge in [0.1, 0.15) is 5.82 Å². The van der Waals surface area contributed by atoms with E-state index < -0.39 is 44.7 Å². The number of esters is 1. The lowest BCUT2D eigenvalue weighted by atomic mass is 10.1. The van der Waals surface area contributed by atoms with Gasteiger partial charge in [-0.15, -0.1) is 0 Å². The molecule has 2 aromatic rings. The van der Waals surface area contributed by atoms with Crippen LogP contribution < -0.4 is 5.14 Å². The third-order valence-corrected chi connectivity index (χ3v) is 5.03. The number of benzene rings is 1. The standard InChI is InChI=1S/C18H21FN2O5S/c1-10(2)21-11(3)7-14(12(21)4)17(22)9-26-18(23)15-8-13(27(20,24)25)5-6-16(15)19/h5-8,10H,9H2,1-4H3,(H2,20,24,25). The van der Waals surface area contributed by atoms with Gasteiger partial charge in [0.15, 0.2) is 6.61 Å².